The number of nitrogens with one attached hydrogen (secondary N) is 2. The third-order valence-electron chi connectivity index (χ3n) is 4.49. The lowest BCUT2D eigenvalue weighted by molar-refractivity contribution is 0.102. The highest BCUT2D eigenvalue weighted by Gasteiger charge is 2.18. The standard InChI is InChI=1S/C15H16N2O2.C6H5Br2NO2S/c18-15(19-14-9-4-10-16-14)17-13-8-3-6-11-5-1-2-7-12(11)13;7-4-1-2-5(8)6(3-4)12(9,10)11/h1-3,5-8,14,16H,4,9-10H2,(H,17,18);1-3H,(H2,9,10,11). The van der Waals surface area contributed by atoms with Crippen LogP contribution >= 0.6 is 31.9 Å². The SMILES string of the molecule is NS(=O)(=O)c1cc(Br)ccc1Br.O=C(Nc1cccc2ccccc12)OC1CCCN1. The van der Waals surface area contributed by atoms with Gasteiger partial charge >= 0.3 is 6.09 Å². The maximum atomic E-state index is 11.8. The molecule has 4 rings (SSSR count). The minimum absolute atomic E-state index is 0.0804. The van der Waals surface area contributed by atoms with E-state index in [2.05, 4.69) is 42.5 Å². The third-order valence-corrected chi connectivity index (χ3v) is 6.89. The number of anilines is 1. The molecule has 0 aliphatic carbocycles. The first-order valence-electron chi connectivity index (χ1n) is 9.40. The van der Waals surface area contributed by atoms with Gasteiger partial charge in [-0.2, -0.15) is 0 Å². The Labute approximate surface area is 197 Å². The molecule has 3 aromatic rings. The van der Waals surface area contributed by atoms with Crippen molar-refractivity contribution < 1.29 is 17.9 Å². The minimum atomic E-state index is -3.63. The van der Waals surface area contributed by atoms with E-state index in [-0.39, 0.29) is 11.1 Å². The Balaban J connectivity index is 0.000000196. The van der Waals surface area contributed by atoms with Gasteiger partial charge in [-0.25, -0.2) is 18.4 Å². The number of amides is 1. The molecule has 1 saturated heterocycles. The monoisotopic (exact) mass is 569 g/mol. The zero-order chi connectivity index (χ0) is 22.4. The van der Waals surface area contributed by atoms with E-state index in [1.165, 1.54) is 6.07 Å². The number of nitrogens with two attached hydrogens (primary N) is 1. The highest BCUT2D eigenvalue weighted by molar-refractivity contribution is 9.11. The summed E-state index contributed by atoms with van der Waals surface area (Å²) in [6, 6.07) is 18.5. The van der Waals surface area contributed by atoms with Crippen LogP contribution in [0.4, 0.5) is 10.5 Å². The van der Waals surface area contributed by atoms with Crippen molar-refractivity contribution in [2.45, 2.75) is 24.0 Å². The number of benzene rings is 3. The molecule has 1 fully saturated rings. The molecule has 1 heterocycles. The predicted molar refractivity (Wildman–Crippen MR) is 128 cm³/mol. The maximum absolute atomic E-state index is 11.8. The first-order chi connectivity index (χ1) is 14.7. The van der Waals surface area contributed by atoms with E-state index in [4.69, 9.17) is 9.88 Å². The van der Waals surface area contributed by atoms with Crippen LogP contribution in [0.25, 0.3) is 10.8 Å². The van der Waals surface area contributed by atoms with Gasteiger partial charge < -0.3 is 4.74 Å². The number of halogens is 2. The van der Waals surface area contributed by atoms with Crippen LogP contribution in [-0.4, -0.2) is 27.3 Å². The molecular formula is C21H21Br2N3O4S. The fourth-order valence-corrected chi connectivity index (χ4v) is 5.12. The van der Waals surface area contributed by atoms with E-state index in [9.17, 15) is 13.2 Å². The molecule has 1 unspecified atom stereocenters. The summed E-state index contributed by atoms with van der Waals surface area (Å²) in [5, 5.41) is 13.0. The quantitative estimate of drug-likeness (QED) is 0.412. The number of hydrogen-bond donors (Lipinski definition) is 3. The molecule has 1 atom stereocenters. The molecule has 31 heavy (non-hydrogen) atoms. The van der Waals surface area contributed by atoms with Crippen LogP contribution in [0.15, 0.2) is 74.5 Å². The zero-order valence-electron chi connectivity index (χ0n) is 16.3. The molecule has 10 heteroatoms. The van der Waals surface area contributed by atoms with Gasteiger partial charge in [-0.05, 0) is 65.0 Å². The smallest absolute Gasteiger partial charge is 0.413 e. The molecule has 7 nitrogen and oxygen atoms in total. The van der Waals surface area contributed by atoms with E-state index < -0.39 is 16.1 Å². The highest BCUT2D eigenvalue weighted by Crippen LogP contribution is 2.25. The van der Waals surface area contributed by atoms with E-state index in [0.29, 0.717) is 8.95 Å². The predicted octanol–water partition coefficient (Wildman–Crippen LogP) is 4.96. The van der Waals surface area contributed by atoms with Gasteiger partial charge in [-0.1, -0.05) is 52.3 Å². The normalized spacial score (nSPS) is 15.8. The number of hydrogen-bond acceptors (Lipinski definition) is 5. The van der Waals surface area contributed by atoms with Gasteiger partial charge in [-0.15, -0.1) is 0 Å². The number of carbonyl (C=O) groups is 1. The Morgan fingerprint density at radius 1 is 1.10 bits per heavy atom. The van der Waals surface area contributed by atoms with Crippen molar-refractivity contribution in [1.29, 1.82) is 0 Å². The van der Waals surface area contributed by atoms with E-state index in [1.54, 1.807) is 12.1 Å². The van der Waals surface area contributed by atoms with Crippen molar-refractivity contribution in [2.24, 2.45) is 5.14 Å². The number of sulfonamides is 1. The van der Waals surface area contributed by atoms with E-state index in [1.807, 2.05) is 42.5 Å². The molecule has 0 bridgehead atoms. The van der Waals surface area contributed by atoms with Crippen LogP contribution in [-0.2, 0) is 14.8 Å². The van der Waals surface area contributed by atoms with Crippen molar-refractivity contribution in [3.63, 3.8) is 0 Å². The van der Waals surface area contributed by atoms with Crippen molar-refractivity contribution in [2.75, 3.05) is 11.9 Å². The Bertz CT molecular complexity index is 1180. The Kier molecular flexibility index (Phi) is 8.06. The molecule has 4 N–H and O–H groups in total. The summed E-state index contributed by atoms with van der Waals surface area (Å²) in [5.74, 6) is 0. The molecule has 1 aliphatic heterocycles. The highest BCUT2D eigenvalue weighted by atomic mass is 79.9. The number of primary sulfonamides is 1. The lowest BCUT2D eigenvalue weighted by Gasteiger charge is -2.13. The van der Waals surface area contributed by atoms with Crippen LogP contribution in [0, 0.1) is 0 Å². The van der Waals surface area contributed by atoms with Crippen molar-refractivity contribution >= 4 is 64.4 Å². The molecule has 0 spiro atoms. The third kappa shape index (κ3) is 6.75. The molecule has 0 saturated carbocycles. The molecule has 164 valence electrons. The first-order valence-corrected chi connectivity index (χ1v) is 12.5. The van der Waals surface area contributed by atoms with Crippen molar-refractivity contribution in [3.8, 4) is 0 Å². The topological polar surface area (TPSA) is 111 Å². The summed E-state index contributed by atoms with van der Waals surface area (Å²) in [7, 11) is -3.63. The van der Waals surface area contributed by atoms with Crippen LogP contribution in [0.1, 0.15) is 12.8 Å². The second-order valence-corrected chi connectivity index (χ2v) is 10.1. The summed E-state index contributed by atoms with van der Waals surface area (Å²) in [4.78, 5) is 11.9. The summed E-state index contributed by atoms with van der Waals surface area (Å²) in [6.45, 7) is 0.909. The fraction of sp³-hybridized carbons (Fsp3) is 0.190. The number of rotatable bonds is 3. The average molecular weight is 571 g/mol. The minimum Gasteiger partial charge on any atom is -0.430 e. The van der Waals surface area contributed by atoms with Gasteiger partial charge in [0, 0.05) is 14.3 Å². The summed E-state index contributed by atoms with van der Waals surface area (Å²) < 4.78 is 28.3. The molecule has 3 aromatic carbocycles. The van der Waals surface area contributed by atoms with Gasteiger partial charge in [0.05, 0.1) is 10.6 Å². The molecule has 0 radical (unpaired) electrons. The Morgan fingerprint density at radius 2 is 1.84 bits per heavy atom. The second kappa shape index (κ2) is 10.6. The second-order valence-electron chi connectivity index (χ2n) is 6.76. The molecular weight excluding hydrogens is 550 g/mol. The van der Waals surface area contributed by atoms with Crippen LogP contribution < -0.4 is 15.8 Å². The summed E-state index contributed by atoms with van der Waals surface area (Å²) >= 11 is 6.23. The van der Waals surface area contributed by atoms with Crippen LogP contribution in [0.5, 0.6) is 0 Å². The largest absolute Gasteiger partial charge is 0.430 e. The number of carbonyl (C=O) groups excluding carboxylic acids is 1. The first kappa shape index (κ1) is 23.7. The number of fused-ring (bicyclic) bond motifs is 1. The van der Waals surface area contributed by atoms with Crippen molar-refractivity contribution in [1.82, 2.24) is 5.32 Å². The van der Waals surface area contributed by atoms with Gasteiger partial charge in [0.1, 0.15) is 0 Å². The Morgan fingerprint density at radius 3 is 2.52 bits per heavy atom. The van der Waals surface area contributed by atoms with Crippen molar-refractivity contribution in [3.05, 3.63) is 69.6 Å². The molecule has 0 aromatic heterocycles. The van der Waals surface area contributed by atoms with Crippen LogP contribution in [0.3, 0.4) is 0 Å². The van der Waals surface area contributed by atoms with Gasteiger partial charge in [0.25, 0.3) is 0 Å². The lowest BCUT2D eigenvalue weighted by Crippen LogP contribution is -2.29. The van der Waals surface area contributed by atoms with Crippen LogP contribution in [0.2, 0.25) is 0 Å². The maximum Gasteiger partial charge on any atom is 0.413 e. The molecule has 1 aliphatic rings. The van der Waals surface area contributed by atoms with Gasteiger partial charge in [0.15, 0.2) is 6.23 Å². The number of ether oxygens (including phenoxy) is 1. The average Bonchev–Trinajstić information content (AvgIpc) is 3.23. The molecule has 1 amide bonds. The van der Waals surface area contributed by atoms with E-state index >= 15 is 0 Å². The van der Waals surface area contributed by atoms with Gasteiger partial charge in [0.2, 0.25) is 10.0 Å². The zero-order valence-corrected chi connectivity index (χ0v) is 20.3. The Hall–Kier alpha value is -1.98. The summed E-state index contributed by atoms with van der Waals surface area (Å²) in [5.41, 5.74) is 0.779. The van der Waals surface area contributed by atoms with E-state index in [0.717, 1.165) is 35.8 Å². The lowest BCUT2D eigenvalue weighted by atomic mass is 10.1. The summed E-state index contributed by atoms with van der Waals surface area (Å²) in [6.07, 6.45) is 1.36. The van der Waals surface area contributed by atoms with Gasteiger partial charge in [-0.3, -0.25) is 10.6 Å². The fourth-order valence-electron chi connectivity index (χ4n) is 3.05.